The molecule has 15 heavy (non-hydrogen) atoms. The summed E-state index contributed by atoms with van der Waals surface area (Å²) in [5.74, 6) is 0.352. The SMILES string of the molecule is C[C@H]1CCCC[C@]1(O)c1ccccc1Br. The summed E-state index contributed by atoms with van der Waals surface area (Å²) in [6, 6.07) is 8.03. The van der Waals surface area contributed by atoms with Crippen LogP contribution in [0, 0.1) is 5.92 Å². The molecule has 1 nitrogen and oxygen atoms in total. The molecular weight excluding hydrogens is 252 g/mol. The van der Waals surface area contributed by atoms with E-state index < -0.39 is 5.60 Å². The van der Waals surface area contributed by atoms with Gasteiger partial charge in [0.15, 0.2) is 0 Å². The molecule has 1 aromatic rings. The highest BCUT2D eigenvalue weighted by molar-refractivity contribution is 9.10. The van der Waals surface area contributed by atoms with Crippen LogP contribution in [-0.4, -0.2) is 5.11 Å². The van der Waals surface area contributed by atoms with Gasteiger partial charge in [0.1, 0.15) is 0 Å². The first-order chi connectivity index (χ1) is 7.14. The van der Waals surface area contributed by atoms with Gasteiger partial charge in [0.2, 0.25) is 0 Å². The molecule has 0 bridgehead atoms. The van der Waals surface area contributed by atoms with Crippen molar-refractivity contribution in [2.75, 3.05) is 0 Å². The smallest absolute Gasteiger partial charge is 0.0932 e. The van der Waals surface area contributed by atoms with Gasteiger partial charge in [-0.25, -0.2) is 0 Å². The highest BCUT2D eigenvalue weighted by Crippen LogP contribution is 2.43. The molecule has 1 aliphatic carbocycles. The first kappa shape index (κ1) is 11.2. The molecule has 2 heteroatoms. The van der Waals surface area contributed by atoms with Gasteiger partial charge in [-0.05, 0) is 30.4 Å². The molecule has 0 radical (unpaired) electrons. The average Bonchev–Trinajstić information content (AvgIpc) is 2.23. The van der Waals surface area contributed by atoms with Crippen LogP contribution >= 0.6 is 15.9 Å². The van der Waals surface area contributed by atoms with Crippen molar-refractivity contribution in [3.63, 3.8) is 0 Å². The molecule has 82 valence electrons. The van der Waals surface area contributed by atoms with Gasteiger partial charge >= 0.3 is 0 Å². The minimum absolute atomic E-state index is 0.352. The van der Waals surface area contributed by atoms with Crippen LogP contribution in [0.5, 0.6) is 0 Å². The number of rotatable bonds is 1. The largest absolute Gasteiger partial charge is 0.385 e. The maximum absolute atomic E-state index is 10.8. The van der Waals surface area contributed by atoms with Crippen molar-refractivity contribution in [2.24, 2.45) is 5.92 Å². The van der Waals surface area contributed by atoms with Gasteiger partial charge in [-0.1, -0.05) is 53.9 Å². The molecule has 0 aliphatic heterocycles. The summed E-state index contributed by atoms with van der Waals surface area (Å²) in [6.07, 6.45) is 4.38. The van der Waals surface area contributed by atoms with E-state index in [0.717, 1.165) is 29.3 Å². The van der Waals surface area contributed by atoms with Crippen molar-refractivity contribution >= 4 is 15.9 Å². The van der Waals surface area contributed by atoms with E-state index in [4.69, 9.17) is 0 Å². The molecule has 0 aromatic heterocycles. The second kappa shape index (κ2) is 4.26. The Morgan fingerprint density at radius 2 is 2.07 bits per heavy atom. The molecule has 1 aliphatic rings. The van der Waals surface area contributed by atoms with Crippen LogP contribution in [0.15, 0.2) is 28.7 Å². The Hall–Kier alpha value is -0.340. The first-order valence-corrected chi connectivity index (χ1v) is 6.41. The fourth-order valence-corrected chi connectivity index (χ4v) is 3.17. The normalized spacial score (nSPS) is 31.5. The minimum Gasteiger partial charge on any atom is -0.385 e. The molecule has 2 atom stereocenters. The number of hydrogen-bond acceptors (Lipinski definition) is 1. The third-order valence-electron chi connectivity index (χ3n) is 3.60. The number of halogens is 1. The van der Waals surface area contributed by atoms with Crippen molar-refractivity contribution in [2.45, 2.75) is 38.2 Å². The van der Waals surface area contributed by atoms with Crippen LogP contribution in [0.3, 0.4) is 0 Å². The molecular formula is C13H17BrO. The third-order valence-corrected chi connectivity index (χ3v) is 4.29. The molecule has 0 spiro atoms. The van der Waals surface area contributed by atoms with Crippen LogP contribution in [0.1, 0.15) is 38.2 Å². The van der Waals surface area contributed by atoms with Crippen molar-refractivity contribution < 1.29 is 5.11 Å². The average molecular weight is 269 g/mol. The zero-order valence-electron chi connectivity index (χ0n) is 9.04. The molecule has 0 heterocycles. The highest BCUT2D eigenvalue weighted by Gasteiger charge is 2.38. The van der Waals surface area contributed by atoms with Crippen LogP contribution in [0.25, 0.3) is 0 Å². The molecule has 1 fully saturated rings. The lowest BCUT2D eigenvalue weighted by Crippen LogP contribution is -2.36. The third kappa shape index (κ3) is 1.98. The predicted octanol–water partition coefficient (Wildman–Crippen LogP) is 3.85. The molecule has 0 unspecified atom stereocenters. The van der Waals surface area contributed by atoms with Gasteiger partial charge in [-0.15, -0.1) is 0 Å². The molecule has 1 N–H and O–H groups in total. The van der Waals surface area contributed by atoms with E-state index in [1.165, 1.54) is 6.42 Å². The van der Waals surface area contributed by atoms with Gasteiger partial charge < -0.3 is 5.11 Å². The lowest BCUT2D eigenvalue weighted by atomic mass is 9.72. The second-order valence-electron chi connectivity index (χ2n) is 4.55. The summed E-state index contributed by atoms with van der Waals surface area (Å²) in [5, 5.41) is 10.8. The van der Waals surface area contributed by atoms with Crippen LogP contribution in [0.4, 0.5) is 0 Å². The molecule has 0 saturated heterocycles. The van der Waals surface area contributed by atoms with E-state index in [0.29, 0.717) is 5.92 Å². The summed E-state index contributed by atoms with van der Waals surface area (Å²) < 4.78 is 1.03. The van der Waals surface area contributed by atoms with Crippen LogP contribution in [0.2, 0.25) is 0 Å². The van der Waals surface area contributed by atoms with E-state index in [1.807, 2.05) is 24.3 Å². The molecule has 1 saturated carbocycles. The zero-order chi connectivity index (χ0) is 10.9. The fourth-order valence-electron chi connectivity index (χ4n) is 2.54. The van der Waals surface area contributed by atoms with Crippen molar-refractivity contribution in [1.82, 2.24) is 0 Å². The second-order valence-corrected chi connectivity index (χ2v) is 5.41. The fraction of sp³-hybridized carbons (Fsp3) is 0.538. The quantitative estimate of drug-likeness (QED) is 0.821. The Kier molecular flexibility index (Phi) is 3.17. The molecule has 2 rings (SSSR count). The van der Waals surface area contributed by atoms with E-state index in [2.05, 4.69) is 22.9 Å². The molecule has 1 aromatic carbocycles. The monoisotopic (exact) mass is 268 g/mol. The Labute approximate surface area is 99.6 Å². The maximum Gasteiger partial charge on any atom is 0.0932 e. The maximum atomic E-state index is 10.8. The first-order valence-electron chi connectivity index (χ1n) is 5.62. The summed E-state index contributed by atoms with van der Waals surface area (Å²) >= 11 is 3.53. The summed E-state index contributed by atoms with van der Waals surface area (Å²) in [7, 11) is 0. The van der Waals surface area contributed by atoms with Crippen molar-refractivity contribution in [3.8, 4) is 0 Å². The summed E-state index contributed by atoms with van der Waals surface area (Å²) in [5.41, 5.74) is 0.426. The Morgan fingerprint density at radius 1 is 1.33 bits per heavy atom. The molecule has 0 amide bonds. The number of hydrogen-bond donors (Lipinski definition) is 1. The van der Waals surface area contributed by atoms with Crippen molar-refractivity contribution in [3.05, 3.63) is 34.3 Å². The van der Waals surface area contributed by atoms with Gasteiger partial charge in [0.05, 0.1) is 5.60 Å². The van der Waals surface area contributed by atoms with Crippen molar-refractivity contribution in [1.29, 1.82) is 0 Å². The zero-order valence-corrected chi connectivity index (χ0v) is 10.6. The van der Waals surface area contributed by atoms with E-state index >= 15 is 0 Å². The standard InChI is InChI=1S/C13H17BrO/c1-10-6-4-5-9-13(10,15)11-7-2-3-8-12(11)14/h2-3,7-8,10,15H,4-6,9H2,1H3/t10-,13+/m0/s1. The van der Waals surface area contributed by atoms with E-state index in [9.17, 15) is 5.11 Å². The van der Waals surface area contributed by atoms with Crippen LogP contribution in [-0.2, 0) is 5.60 Å². The van der Waals surface area contributed by atoms with E-state index in [-0.39, 0.29) is 0 Å². The lowest BCUT2D eigenvalue weighted by Gasteiger charge is -2.39. The van der Waals surface area contributed by atoms with Gasteiger partial charge in [-0.2, -0.15) is 0 Å². The summed E-state index contributed by atoms with van der Waals surface area (Å²) in [4.78, 5) is 0. The predicted molar refractivity (Wildman–Crippen MR) is 65.7 cm³/mol. The summed E-state index contributed by atoms with van der Waals surface area (Å²) in [6.45, 7) is 2.15. The Balaban J connectivity index is 2.39. The number of benzene rings is 1. The Morgan fingerprint density at radius 3 is 2.73 bits per heavy atom. The Bertz CT molecular complexity index is 350. The minimum atomic E-state index is -0.627. The number of aliphatic hydroxyl groups is 1. The van der Waals surface area contributed by atoms with Gasteiger partial charge in [0.25, 0.3) is 0 Å². The van der Waals surface area contributed by atoms with Gasteiger partial charge in [-0.3, -0.25) is 0 Å². The van der Waals surface area contributed by atoms with E-state index in [1.54, 1.807) is 0 Å². The van der Waals surface area contributed by atoms with Crippen LogP contribution < -0.4 is 0 Å². The van der Waals surface area contributed by atoms with Gasteiger partial charge in [0, 0.05) is 4.47 Å². The lowest BCUT2D eigenvalue weighted by molar-refractivity contribution is -0.0475. The highest BCUT2D eigenvalue weighted by atomic mass is 79.9. The topological polar surface area (TPSA) is 20.2 Å².